The van der Waals surface area contributed by atoms with Crippen LogP contribution in [0.4, 0.5) is 0 Å². The lowest BCUT2D eigenvalue weighted by molar-refractivity contribution is -0.117. The normalized spacial score (nSPS) is 11.4. The number of nitrogens with one attached hydrogen (secondary N) is 1. The van der Waals surface area contributed by atoms with Gasteiger partial charge in [0.2, 0.25) is 0 Å². The molecule has 142 valence electrons. The van der Waals surface area contributed by atoms with Gasteiger partial charge in [-0.15, -0.1) is 0 Å². The van der Waals surface area contributed by atoms with Gasteiger partial charge in [-0.1, -0.05) is 44.2 Å². The molecule has 2 aromatic carbocycles. The second-order valence-corrected chi connectivity index (χ2v) is 6.68. The Morgan fingerprint density at radius 1 is 1.22 bits per heavy atom. The predicted octanol–water partition coefficient (Wildman–Crippen LogP) is 3.93. The summed E-state index contributed by atoms with van der Waals surface area (Å²) in [7, 11) is 1.61. The number of carbonyl (C=O) groups excluding carboxylic acids is 1. The van der Waals surface area contributed by atoms with Crippen LogP contribution < -0.4 is 10.1 Å². The van der Waals surface area contributed by atoms with Crippen molar-refractivity contribution in [2.24, 2.45) is 5.92 Å². The minimum Gasteiger partial charge on any atom is -0.493 e. The second-order valence-electron chi connectivity index (χ2n) is 6.68. The first kappa shape index (κ1) is 20.5. The van der Waals surface area contributed by atoms with Gasteiger partial charge in [0.05, 0.1) is 6.61 Å². The van der Waals surface area contributed by atoms with E-state index in [1.165, 1.54) is 0 Å². The maximum Gasteiger partial charge on any atom is 0.261 e. The summed E-state index contributed by atoms with van der Waals surface area (Å²) >= 11 is 0. The summed E-state index contributed by atoms with van der Waals surface area (Å²) in [6, 6.07) is 13.6. The number of nitriles is 1. The third kappa shape index (κ3) is 5.83. The van der Waals surface area contributed by atoms with E-state index in [4.69, 9.17) is 9.47 Å². The molecule has 1 amide bonds. The van der Waals surface area contributed by atoms with Gasteiger partial charge in [0.15, 0.2) is 0 Å². The molecule has 1 N–H and O–H groups in total. The van der Waals surface area contributed by atoms with Gasteiger partial charge in [-0.3, -0.25) is 4.79 Å². The Bertz CT molecular complexity index is 850. The summed E-state index contributed by atoms with van der Waals surface area (Å²) in [5, 5.41) is 14.1. The molecule has 27 heavy (non-hydrogen) atoms. The van der Waals surface area contributed by atoms with Crippen molar-refractivity contribution in [2.75, 3.05) is 26.9 Å². The van der Waals surface area contributed by atoms with Gasteiger partial charge in [-0.05, 0) is 35.4 Å². The zero-order valence-corrected chi connectivity index (χ0v) is 16.1. The molecule has 0 aliphatic rings. The number of methoxy groups -OCH3 is 1. The largest absolute Gasteiger partial charge is 0.493 e. The van der Waals surface area contributed by atoms with Crippen molar-refractivity contribution >= 4 is 22.8 Å². The van der Waals surface area contributed by atoms with Crippen LogP contribution in [0.25, 0.3) is 16.8 Å². The average molecular weight is 366 g/mol. The van der Waals surface area contributed by atoms with Crippen LogP contribution in [0, 0.1) is 17.2 Å². The minimum atomic E-state index is -0.377. The monoisotopic (exact) mass is 366 g/mol. The minimum absolute atomic E-state index is 0.0772. The lowest BCUT2D eigenvalue weighted by Gasteiger charge is -2.13. The molecular formula is C22H26N2O3. The molecule has 0 aliphatic carbocycles. The summed E-state index contributed by atoms with van der Waals surface area (Å²) in [6.45, 7) is 5.86. The Morgan fingerprint density at radius 2 is 1.96 bits per heavy atom. The highest BCUT2D eigenvalue weighted by atomic mass is 16.5. The zero-order valence-electron chi connectivity index (χ0n) is 16.1. The summed E-state index contributed by atoms with van der Waals surface area (Å²) in [4.78, 5) is 12.3. The number of ether oxygens (including phenoxy) is 2. The fourth-order valence-electron chi connectivity index (χ4n) is 2.62. The molecule has 0 heterocycles. The Balaban J connectivity index is 2.29. The molecule has 0 atom stereocenters. The van der Waals surface area contributed by atoms with E-state index in [0.717, 1.165) is 22.1 Å². The van der Waals surface area contributed by atoms with Crippen LogP contribution in [0.5, 0.6) is 5.75 Å². The van der Waals surface area contributed by atoms with E-state index in [9.17, 15) is 10.1 Å². The smallest absolute Gasteiger partial charge is 0.261 e. The Labute approximate surface area is 160 Å². The molecule has 2 rings (SSSR count). The number of hydrogen-bond acceptors (Lipinski definition) is 4. The first-order valence-corrected chi connectivity index (χ1v) is 9.10. The van der Waals surface area contributed by atoms with Crippen LogP contribution in [0.15, 0.2) is 42.0 Å². The van der Waals surface area contributed by atoms with Gasteiger partial charge in [0.1, 0.15) is 17.4 Å². The highest BCUT2D eigenvalue weighted by molar-refractivity contribution is 6.04. The molecule has 0 spiro atoms. The zero-order chi connectivity index (χ0) is 19.6. The van der Waals surface area contributed by atoms with Crippen molar-refractivity contribution in [2.45, 2.75) is 20.3 Å². The lowest BCUT2D eigenvalue weighted by Crippen LogP contribution is -2.26. The topological polar surface area (TPSA) is 71.3 Å². The van der Waals surface area contributed by atoms with Crippen LogP contribution in [0.1, 0.15) is 25.8 Å². The van der Waals surface area contributed by atoms with E-state index in [1.54, 1.807) is 13.2 Å². The van der Waals surface area contributed by atoms with Crippen LogP contribution in [0.3, 0.4) is 0 Å². The number of rotatable bonds is 9. The maximum atomic E-state index is 12.3. The van der Waals surface area contributed by atoms with Gasteiger partial charge < -0.3 is 14.8 Å². The highest BCUT2D eigenvalue weighted by Crippen LogP contribution is 2.30. The number of hydrogen-bond donors (Lipinski definition) is 1. The molecule has 0 radical (unpaired) electrons. The van der Waals surface area contributed by atoms with E-state index in [0.29, 0.717) is 32.1 Å². The number of benzene rings is 2. The van der Waals surface area contributed by atoms with E-state index in [2.05, 4.69) is 19.2 Å². The molecule has 0 fully saturated rings. The van der Waals surface area contributed by atoms with Gasteiger partial charge in [-0.25, -0.2) is 0 Å². The Morgan fingerprint density at radius 3 is 2.63 bits per heavy atom. The van der Waals surface area contributed by atoms with Crippen molar-refractivity contribution in [3.05, 3.63) is 47.5 Å². The highest BCUT2D eigenvalue weighted by Gasteiger charge is 2.11. The quantitative estimate of drug-likeness (QED) is 0.415. The summed E-state index contributed by atoms with van der Waals surface area (Å²) in [6.07, 6.45) is 2.33. The number of nitrogens with zero attached hydrogens (tertiary/aromatic N) is 1. The molecular weight excluding hydrogens is 340 g/mol. The van der Waals surface area contributed by atoms with Crippen molar-refractivity contribution < 1.29 is 14.3 Å². The van der Waals surface area contributed by atoms with Gasteiger partial charge in [0, 0.05) is 25.6 Å². The summed E-state index contributed by atoms with van der Waals surface area (Å²) in [5.74, 6) is 0.854. The Kier molecular flexibility index (Phi) is 7.84. The van der Waals surface area contributed by atoms with Crippen LogP contribution >= 0.6 is 0 Å². The Hall–Kier alpha value is -2.84. The predicted molar refractivity (Wildman–Crippen MR) is 107 cm³/mol. The number of fused-ring (bicyclic) bond motifs is 1. The molecule has 0 bridgehead atoms. The molecule has 0 aromatic heterocycles. The standard InChI is InChI=1S/C22H26N2O3/c1-16(2)15-27-21-10-9-17(19-7-4-5-8-20(19)21)13-18(14-23)22(25)24-11-6-12-26-3/h4-5,7-10,13,16H,6,11-12,15H2,1-3H3,(H,24,25)/b18-13+. The van der Waals surface area contributed by atoms with Crippen LogP contribution in [-0.2, 0) is 9.53 Å². The van der Waals surface area contributed by atoms with Gasteiger partial charge >= 0.3 is 0 Å². The molecule has 5 heteroatoms. The third-order valence-corrected chi connectivity index (χ3v) is 3.97. The number of carbonyl (C=O) groups is 1. The van der Waals surface area contributed by atoms with Gasteiger partial charge in [-0.2, -0.15) is 5.26 Å². The summed E-state index contributed by atoms with van der Waals surface area (Å²) < 4.78 is 10.9. The van der Waals surface area contributed by atoms with Crippen molar-refractivity contribution in [3.63, 3.8) is 0 Å². The lowest BCUT2D eigenvalue weighted by atomic mass is 10.0. The molecule has 0 saturated carbocycles. The van der Waals surface area contributed by atoms with E-state index < -0.39 is 0 Å². The maximum absolute atomic E-state index is 12.3. The average Bonchev–Trinajstić information content (AvgIpc) is 2.68. The first-order chi connectivity index (χ1) is 13.1. The van der Waals surface area contributed by atoms with Crippen molar-refractivity contribution in [1.82, 2.24) is 5.32 Å². The first-order valence-electron chi connectivity index (χ1n) is 9.10. The molecule has 0 unspecified atom stereocenters. The van der Waals surface area contributed by atoms with Crippen LogP contribution in [0.2, 0.25) is 0 Å². The molecule has 0 saturated heterocycles. The fourth-order valence-corrected chi connectivity index (χ4v) is 2.62. The van der Waals surface area contributed by atoms with E-state index in [1.807, 2.05) is 42.5 Å². The number of amides is 1. The fraction of sp³-hybridized carbons (Fsp3) is 0.364. The van der Waals surface area contributed by atoms with Crippen LogP contribution in [-0.4, -0.2) is 32.8 Å². The van der Waals surface area contributed by atoms with Crippen molar-refractivity contribution in [3.8, 4) is 11.8 Å². The van der Waals surface area contributed by atoms with Crippen molar-refractivity contribution in [1.29, 1.82) is 5.26 Å². The van der Waals surface area contributed by atoms with E-state index >= 15 is 0 Å². The molecule has 5 nitrogen and oxygen atoms in total. The van der Waals surface area contributed by atoms with E-state index in [-0.39, 0.29) is 11.5 Å². The third-order valence-electron chi connectivity index (χ3n) is 3.97. The summed E-state index contributed by atoms with van der Waals surface area (Å²) in [5.41, 5.74) is 0.888. The SMILES string of the molecule is COCCCNC(=O)/C(C#N)=C/c1ccc(OCC(C)C)c2ccccc12. The molecule has 0 aliphatic heterocycles. The molecule has 2 aromatic rings. The van der Waals surface area contributed by atoms with Gasteiger partial charge in [0.25, 0.3) is 5.91 Å². The second kappa shape index (κ2) is 10.3.